The smallest absolute Gasteiger partial charge is 0.443 e. The summed E-state index contributed by atoms with van der Waals surface area (Å²) in [5, 5.41) is 13.5. The summed E-state index contributed by atoms with van der Waals surface area (Å²) in [4.78, 5) is 32.3. The van der Waals surface area contributed by atoms with Crippen molar-refractivity contribution in [1.82, 2.24) is 34.6 Å². The number of halogens is 3. The molecule has 36 heavy (non-hydrogen) atoms. The fourth-order valence-corrected chi connectivity index (χ4v) is 4.92. The van der Waals surface area contributed by atoms with Gasteiger partial charge in [0.25, 0.3) is 0 Å². The number of aryl methyl sites for hydroxylation is 2. The minimum Gasteiger partial charge on any atom is -0.464 e. The van der Waals surface area contributed by atoms with E-state index in [1.165, 1.54) is 22.0 Å². The first-order valence-electron chi connectivity index (χ1n) is 11.2. The van der Waals surface area contributed by atoms with Crippen LogP contribution in [0.15, 0.2) is 12.4 Å². The van der Waals surface area contributed by atoms with E-state index < -0.39 is 17.2 Å². The number of ether oxygens (including phenoxy) is 1. The minimum atomic E-state index is -4.63. The molecule has 1 fully saturated rings. The van der Waals surface area contributed by atoms with E-state index in [1.807, 2.05) is 0 Å². The van der Waals surface area contributed by atoms with Crippen molar-refractivity contribution in [3.05, 3.63) is 29.1 Å². The van der Waals surface area contributed by atoms with Gasteiger partial charge in [-0.05, 0) is 20.8 Å². The monoisotopic (exact) mass is 526 g/mol. The maximum absolute atomic E-state index is 13.6. The fraction of sp³-hybridized carbons (Fsp3) is 0.524. The van der Waals surface area contributed by atoms with E-state index >= 15 is 0 Å². The van der Waals surface area contributed by atoms with Gasteiger partial charge in [0.15, 0.2) is 0 Å². The van der Waals surface area contributed by atoms with Crippen LogP contribution >= 0.6 is 11.3 Å². The van der Waals surface area contributed by atoms with Gasteiger partial charge in [-0.3, -0.25) is 4.79 Å². The first-order chi connectivity index (χ1) is 17.1. The quantitative estimate of drug-likeness (QED) is 0.492. The zero-order valence-electron chi connectivity index (χ0n) is 19.9. The van der Waals surface area contributed by atoms with E-state index in [9.17, 15) is 23.1 Å². The summed E-state index contributed by atoms with van der Waals surface area (Å²) < 4.78 is 47.4. The van der Waals surface area contributed by atoms with Crippen LogP contribution in [-0.2, 0) is 17.5 Å². The van der Waals surface area contributed by atoms with Crippen LogP contribution in [-0.4, -0.2) is 84.5 Å². The van der Waals surface area contributed by atoms with Crippen LogP contribution in [0.4, 0.5) is 18.2 Å². The molecule has 0 aliphatic carbocycles. The van der Waals surface area contributed by atoms with Gasteiger partial charge in [0.2, 0.25) is 10.9 Å². The third-order valence-corrected chi connectivity index (χ3v) is 6.74. The number of aromatic nitrogens is 6. The normalized spacial score (nSPS) is 16.5. The molecule has 0 bridgehead atoms. The number of alkyl halides is 3. The molecule has 0 radical (unpaired) electrons. The van der Waals surface area contributed by atoms with E-state index in [2.05, 4.69) is 25.0 Å². The fourth-order valence-electron chi connectivity index (χ4n) is 3.93. The second-order valence-corrected chi connectivity index (χ2v) is 9.07. The molecule has 4 rings (SSSR count). The minimum absolute atomic E-state index is 0.0449. The first kappa shape index (κ1) is 25.8. The molecule has 1 saturated heterocycles. The summed E-state index contributed by atoms with van der Waals surface area (Å²) in [5.41, 5.74) is 0.386. The van der Waals surface area contributed by atoms with Gasteiger partial charge >= 0.3 is 12.2 Å². The third-order valence-electron chi connectivity index (χ3n) is 5.58. The van der Waals surface area contributed by atoms with Gasteiger partial charge in [-0.2, -0.15) is 18.3 Å². The average Bonchev–Trinajstić information content (AvgIpc) is 3.42. The van der Waals surface area contributed by atoms with Crippen molar-refractivity contribution in [3.63, 3.8) is 0 Å². The number of carbonyl (C=O) groups is 1. The Kier molecular flexibility index (Phi) is 7.40. The van der Waals surface area contributed by atoms with Crippen LogP contribution in [0.2, 0.25) is 0 Å². The predicted octanol–water partition coefficient (Wildman–Crippen LogP) is 1.94. The van der Waals surface area contributed by atoms with Gasteiger partial charge in [-0.15, -0.1) is 0 Å². The van der Waals surface area contributed by atoms with Gasteiger partial charge in [0, 0.05) is 37.6 Å². The van der Waals surface area contributed by atoms with Crippen molar-refractivity contribution in [1.29, 1.82) is 0 Å². The van der Waals surface area contributed by atoms with E-state index in [-0.39, 0.29) is 55.4 Å². The number of hydrogen-bond acceptors (Lipinski definition) is 10. The lowest BCUT2D eigenvalue weighted by Crippen LogP contribution is -2.57. The second kappa shape index (κ2) is 10.3. The number of aliphatic hydroxyl groups is 1. The van der Waals surface area contributed by atoms with Crippen LogP contribution in [0.25, 0.3) is 11.3 Å². The molecular weight excluding hydrogens is 501 g/mol. The maximum Gasteiger partial charge on any atom is 0.443 e. The SMILES string of the molecule is CCOc1ncc(-c2nc(C(F)(F)F)sc2N2CCN(C(=O)Cn3nc(C)nc3C)C(CO)C2)cn1. The molecule has 3 aromatic heterocycles. The molecule has 1 atom stereocenters. The standard InChI is InChI=1S/C21H25F3N8O3S/c1-4-35-20-25-7-14(8-26-20)17-18(36-19(28-17)21(22,23)24)30-5-6-31(15(9-30)11-33)16(34)10-32-13(3)27-12(2)29-32/h7-8,15,33H,4-6,9-11H2,1-3H3. The van der Waals surface area contributed by atoms with Gasteiger partial charge in [-0.1, -0.05) is 11.3 Å². The van der Waals surface area contributed by atoms with E-state index in [4.69, 9.17) is 4.74 Å². The van der Waals surface area contributed by atoms with Crippen molar-refractivity contribution in [2.45, 2.75) is 39.5 Å². The summed E-state index contributed by atoms with van der Waals surface area (Å²) in [5.74, 6) is 0.869. The van der Waals surface area contributed by atoms with E-state index in [0.717, 1.165) is 0 Å². The molecule has 1 aliphatic rings. The first-order valence-corrected chi connectivity index (χ1v) is 12.0. The molecule has 1 N–H and O–H groups in total. The van der Waals surface area contributed by atoms with Gasteiger partial charge in [0.1, 0.15) is 28.9 Å². The van der Waals surface area contributed by atoms with Gasteiger partial charge in [0.05, 0.1) is 19.3 Å². The van der Waals surface area contributed by atoms with Gasteiger partial charge < -0.3 is 19.6 Å². The Morgan fingerprint density at radius 3 is 2.53 bits per heavy atom. The average molecular weight is 527 g/mol. The number of rotatable bonds is 7. The number of carbonyl (C=O) groups excluding carboxylic acids is 1. The molecule has 0 spiro atoms. The highest BCUT2D eigenvalue weighted by Crippen LogP contribution is 2.43. The lowest BCUT2D eigenvalue weighted by atomic mass is 10.1. The number of piperazine rings is 1. The van der Waals surface area contributed by atoms with Crippen molar-refractivity contribution in [3.8, 4) is 17.3 Å². The summed E-state index contributed by atoms with van der Waals surface area (Å²) >= 11 is 0.507. The highest BCUT2D eigenvalue weighted by molar-refractivity contribution is 7.16. The van der Waals surface area contributed by atoms with Crippen LogP contribution in [0.3, 0.4) is 0 Å². The summed E-state index contributed by atoms with van der Waals surface area (Å²) in [6, 6.07) is -0.517. The number of amides is 1. The molecular formula is C21H25F3N8O3S. The number of anilines is 1. The Hall–Kier alpha value is -3.33. The van der Waals surface area contributed by atoms with Crippen molar-refractivity contribution < 1.29 is 27.8 Å². The Labute approximate surface area is 208 Å². The number of hydrogen-bond donors (Lipinski definition) is 1. The highest BCUT2D eigenvalue weighted by atomic mass is 32.1. The van der Waals surface area contributed by atoms with E-state index in [0.29, 0.717) is 35.2 Å². The molecule has 1 amide bonds. The Bertz CT molecular complexity index is 1210. The van der Waals surface area contributed by atoms with Crippen molar-refractivity contribution >= 4 is 22.2 Å². The van der Waals surface area contributed by atoms with E-state index in [1.54, 1.807) is 25.7 Å². The molecule has 1 unspecified atom stereocenters. The number of aliphatic hydroxyl groups excluding tert-OH is 1. The predicted molar refractivity (Wildman–Crippen MR) is 124 cm³/mol. The Balaban J connectivity index is 1.58. The Morgan fingerprint density at radius 1 is 1.22 bits per heavy atom. The zero-order valence-corrected chi connectivity index (χ0v) is 20.7. The second-order valence-electron chi connectivity index (χ2n) is 8.09. The molecule has 15 heteroatoms. The summed E-state index contributed by atoms with van der Waals surface area (Å²) in [6.07, 6.45) is -1.91. The molecule has 0 aromatic carbocycles. The number of nitrogens with zero attached hydrogens (tertiary/aromatic N) is 8. The topological polar surface area (TPSA) is 122 Å². The third kappa shape index (κ3) is 5.41. The van der Waals surface area contributed by atoms with Crippen LogP contribution in [0.5, 0.6) is 6.01 Å². The summed E-state index contributed by atoms with van der Waals surface area (Å²) in [6.45, 7) is 5.76. The largest absolute Gasteiger partial charge is 0.464 e. The summed E-state index contributed by atoms with van der Waals surface area (Å²) in [7, 11) is 0. The lowest BCUT2D eigenvalue weighted by Gasteiger charge is -2.41. The Morgan fingerprint density at radius 2 is 1.94 bits per heavy atom. The molecule has 0 saturated carbocycles. The molecule has 4 heterocycles. The van der Waals surface area contributed by atoms with Crippen LogP contribution in [0, 0.1) is 13.8 Å². The van der Waals surface area contributed by atoms with Crippen molar-refractivity contribution in [2.24, 2.45) is 0 Å². The van der Waals surface area contributed by atoms with Crippen LogP contribution < -0.4 is 9.64 Å². The maximum atomic E-state index is 13.6. The van der Waals surface area contributed by atoms with Gasteiger partial charge in [-0.25, -0.2) is 24.6 Å². The molecule has 194 valence electrons. The molecule has 3 aromatic rings. The lowest BCUT2D eigenvalue weighted by molar-refractivity contribution is -0.137. The highest BCUT2D eigenvalue weighted by Gasteiger charge is 2.39. The van der Waals surface area contributed by atoms with Crippen molar-refractivity contribution in [2.75, 3.05) is 37.7 Å². The number of thiazole rings is 1. The molecule has 11 nitrogen and oxygen atoms in total. The zero-order chi connectivity index (χ0) is 26.0. The van der Waals surface area contributed by atoms with Crippen LogP contribution in [0.1, 0.15) is 23.6 Å². The molecule has 1 aliphatic heterocycles.